The Kier molecular flexibility index (Phi) is 6.40. The van der Waals surface area contributed by atoms with E-state index in [9.17, 15) is 14.0 Å². The summed E-state index contributed by atoms with van der Waals surface area (Å²) < 4.78 is 14.1. The summed E-state index contributed by atoms with van der Waals surface area (Å²) in [6.45, 7) is -0.337. The van der Waals surface area contributed by atoms with Crippen LogP contribution in [0.1, 0.15) is 12.8 Å². The van der Waals surface area contributed by atoms with Crippen LogP contribution in [0.25, 0.3) is 5.65 Å². The van der Waals surface area contributed by atoms with E-state index in [0.717, 1.165) is 19.1 Å². The fourth-order valence-corrected chi connectivity index (χ4v) is 3.02. The number of alkyl halides is 1. The molecule has 0 aliphatic heterocycles. The third-order valence-corrected chi connectivity index (χ3v) is 4.96. The van der Waals surface area contributed by atoms with Crippen molar-refractivity contribution in [1.29, 1.82) is 5.41 Å². The average Bonchev–Trinajstić information content (AvgIpc) is 3.49. The number of hydrogen-bond donors (Lipinski definition) is 3. The molecule has 160 valence electrons. The molecular formula is C19H26FN8O2+. The first-order chi connectivity index (χ1) is 14.4. The number of rotatable bonds is 9. The summed E-state index contributed by atoms with van der Waals surface area (Å²) in [6.07, 6.45) is 4.43. The normalized spacial score (nSPS) is 14.3. The standard InChI is InChI=1S/C19H25FN8O2/c1-22-16(14(11-21)18(30)27(3)13-4-5-13)17(29)23-12-6-8-28-15(10-12)24-19(25-28)26(2)9-7-20/h6,8,10-11,13,21-22H,4-5,7,9H2,1-3H3,(H,23,29)/p+1. The van der Waals surface area contributed by atoms with E-state index in [1.165, 1.54) is 9.83 Å². The fourth-order valence-electron chi connectivity index (χ4n) is 3.02. The molecular weight excluding hydrogens is 391 g/mol. The highest BCUT2D eigenvalue weighted by molar-refractivity contribution is 6.18. The highest BCUT2D eigenvalue weighted by Crippen LogP contribution is 2.26. The topological polar surface area (TPSA) is 123 Å². The molecule has 0 bridgehead atoms. The molecule has 0 atom stereocenters. The van der Waals surface area contributed by atoms with Gasteiger partial charge in [0.1, 0.15) is 12.2 Å². The van der Waals surface area contributed by atoms with E-state index >= 15 is 0 Å². The molecule has 0 radical (unpaired) electrons. The number of hydrogen-bond acceptors (Lipinski definition) is 6. The summed E-state index contributed by atoms with van der Waals surface area (Å²) in [7, 11) is 5.03. The van der Waals surface area contributed by atoms with Crippen LogP contribution in [0.4, 0.5) is 16.0 Å². The number of anilines is 2. The van der Waals surface area contributed by atoms with Gasteiger partial charge >= 0.3 is 5.91 Å². The van der Waals surface area contributed by atoms with Crippen LogP contribution >= 0.6 is 0 Å². The second-order valence-electron chi connectivity index (χ2n) is 7.10. The third-order valence-electron chi connectivity index (χ3n) is 4.96. The van der Waals surface area contributed by atoms with Crippen molar-refractivity contribution in [3.8, 4) is 0 Å². The molecule has 3 rings (SSSR count). The summed E-state index contributed by atoms with van der Waals surface area (Å²) in [5, 5.41) is 16.2. The van der Waals surface area contributed by atoms with Crippen LogP contribution < -0.4 is 15.5 Å². The largest absolute Gasteiger partial charge is 0.340 e. The number of nitrogens with one attached hydrogen (secondary N) is 2. The van der Waals surface area contributed by atoms with Gasteiger partial charge in [0.2, 0.25) is 11.6 Å². The Balaban J connectivity index is 1.82. The van der Waals surface area contributed by atoms with Crippen LogP contribution in [-0.2, 0) is 9.59 Å². The minimum Gasteiger partial charge on any atom is -0.340 e. The quantitative estimate of drug-likeness (QED) is 0.385. The Morgan fingerprint density at radius 2 is 2.17 bits per heavy atom. The van der Waals surface area contributed by atoms with Crippen LogP contribution in [0.15, 0.2) is 29.6 Å². The summed E-state index contributed by atoms with van der Waals surface area (Å²) in [5.74, 6) is -0.463. The number of carbonyl (C=O) groups is 2. The van der Waals surface area contributed by atoms with Gasteiger partial charge in [0.15, 0.2) is 5.65 Å². The molecule has 2 aromatic heterocycles. The molecule has 2 aromatic rings. The zero-order valence-electron chi connectivity index (χ0n) is 17.2. The molecule has 1 saturated carbocycles. The average molecular weight is 417 g/mol. The molecule has 11 heteroatoms. The lowest BCUT2D eigenvalue weighted by Gasteiger charge is -2.17. The maximum atomic E-state index is 12.8. The molecule has 1 aliphatic rings. The molecule has 0 saturated heterocycles. The molecule has 0 unspecified atom stereocenters. The first-order valence-corrected chi connectivity index (χ1v) is 9.65. The highest BCUT2D eigenvalue weighted by Gasteiger charge is 2.33. The van der Waals surface area contributed by atoms with Gasteiger partial charge in [-0.2, -0.15) is 4.98 Å². The summed E-state index contributed by atoms with van der Waals surface area (Å²) in [6, 6.07) is 3.45. The lowest BCUT2D eigenvalue weighted by Crippen LogP contribution is -2.80. The van der Waals surface area contributed by atoms with E-state index in [-0.39, 0.29) is 29.8 Å². The van der Waals surface area contributed by atoms with Gasteiger partial charge in [-0.3, -0.25) is 9.59 Å². The molecule has 1 fully saturated rings. The zero-order chi connectivity index (χ0) is 21.8. The summed E-state index contributed by atoms with van der Waals surface area (Å²) in [4.78, 5) is 33.0. The fraction of sp³-hybridized carbons (Fsp3) is 0.421. The van der Waals surface area contributed by atoms with Crippen molar-refractivity contribution in [3.05, 3.63) is 29.6 Å². The van der Waals surface area contributed by atoms with Gasteiger partial charge in [-0.1, -0.05) is 0 Å². The number of nitrogens with two attached hydrogens (primary N) is 1. The van der Waals surface area contributed by atoms with Gasteiger partial charge < -0.3 is 25.8 Å². The summed E-state index contributed by atoms with van der Waals surface area (Å²) >= 11 is 0. The van der Waals surface area contributed by atoms with Gasteiger partial charge in [0.25, 0.3) is 5.91 Å². The van der Waals surface area contributed by atoms with Crippen LogP contribution in [0.5, 0.6) is 0 Å². The Morgan fingerprint density at radius 1 is 1.43 bits per heavy atom. The smallest absolute Gasteiger partial charge is 0.310 e. The number of aromatic nitrogens is 3. The van der Waals surface area contributed by atoms with Crippen molar-refractivity contribution in [2.24, 2.45) is 0 Å². The molecule has 30 heavy (non-hydrogen) atoms. The number of halogens is 1. The van der Waals surface area contributed by atoms with Crippen molar-refractivity contribution in [1.82, 2.24) is 19.5 Å². The molecule has 2 amide bonds. The zero-order valence-corrected chi connectivity index (χ0v) is 17.2. The van der Waals surface area contributed by atoms with Crippen molar-refractivity contribution in [3.63, 3.8) is 0 Å². The van der Waals surface area contributed by atoms with Gasteiger partial charge in [-0.05, 0) is 18.9 Å². The predicted octanol–water partition coefficient (Wildman–Crippen LogP) is -0.209. The van der Waals surface area contributed by atoms with Crippen LogP contribution in [0, 0.1) is 5.41 Å². The number of carbonyl (C=O) groups excluding carboxylic acids is 2. The minimum absolute atomic E-state index is 0.0445. The number of fused-ring (bicyclic) bond motifs is 1. The van der Waals surface area contributed by atoms with Gasteiger partial charge in [0.05, 0.1) is 7.05 Å². The molecule has 0 aromatic carbocycles. The number of likely N-dealkylation sites (N-methyl/N-ethyl adjacent to an activating group) is 2. The second kappa shape index (κ2) is 8.99. The SMILES string of the molecule is C[NH2+]C(C(=O)Nc1ccn2nc(N(C)CCF)nc2c1)=C(C=N)C(=O)N(C)C1CC1. The van der Waals surface area contributed by atoms with Gasteiger partial charge in [-0.25, -0.2) is 8.91 Å². The molecule has 0 spiro atoms. The first-order valence-electron chi connectivity index (χ1n) is 9.65. The number of amides is 2. The van der Waals surface area contributed by atoms with Gasteiger partial charge in [-0.15, -0.1) is 5.10 Å². The van der Waals surface area contributed by atoms with E-state index in [0.29, 0.717) is 17.3 Å². The van der Waals surface area contributed by atoms with E-state index in [4.69, 9.17) is 5.41 Å². The van der Waals surface area contributed by atoms with E-state index in [2.05, 4.69) is 15.4 Å². The van der Waals surface area contributed by atoms with E-state index in [1.807, 2.05) is 0 Å². The predicted molar refractivity (Wildman–Crippen MR) is 110 cm³/mol. The van der Waals surface area contributed by atoms with Crippen LogP contribution in [-0.4, -0.2) is 77.9 Å². The first kappa shape index (κ1) is 21.4. The highest BCUT2D eigenvalue weighted by atomic mass is 19.1. The third kappa shape index (κ3) is 4.46. The Morgan fingerprint density at radius 3 is 2.77 bits per heavy atom. The Labute approximate surface area is 173 Å². The molecule has 1 aliphatic carbocycles. The van der Waals surface area contributed by atoms with Crippen molar-refractivity contribution < 1.29 is 19.3 Å². The maximum absolute atomic E-state index is 12.8. The molecule has 4 N–H and O–H groups in total. The number of quaternary nitrogens is 1. The van der Waals surface area contributed by atoms with Crippen LogP contribution in [0.3, 0.4) is 0 Å². The maximum Gasteiger partial charge on any atom is 0.310 e. The Hall–Kier alpha value is -3.34. The van der Waals surface area contributed by atoms with Crippen molar-refractivity contribution in [2.45, 2.75) is 18.9 Å². The van der Waals surface area contributed by atoms with Crippen molar-refractivity contribution in [2.75, 3.05) is 44.6 Å². The van der Waals surface area contributed by atoms with Crippen LogP contribution in [0.2, 0.25) is 0 Å². The molecule has 2 heterocycles. The molecule has 10 nitrogen and oxygen atoms in total. The van der Waals surface area contributed by atoms with Gasteiger partial charge in [0, 0.05) is 50.8 Å². The lowest BCUT2D eigenvalue weighted by atomic mass is 10.1. The monoisotopic (exact) mass is 417 g/mol. The Bertz CT molecular complexity index is 998. The number of pyridine rings is 1. The van der Waals surface area contributed by atoms with E-state index < -0.39 is 12.6 Å². The van der Waals surface area contributed by atoms with Crippen molar-refractivity contribution >= 4 is 35.3 Å². The minimum atomic E-state index is -0.514. The summed E-state index contributed by atoms with van der Waals surface area (Å²) in [5.41, 5.74) is 1.12. The lowest BCUT2D eigenvalue weighted by molar-refractivity contribution is -0.570. The second-order valence-corrected chi connectivity index (χ2v) is 7.10. The number of nitrogens with zero attached hydrogens (tertiary/aromatic N) is 5. The van der Waals surface area contributed by atoms with E-state index in [1.54, 1.807) is 49.3 Å².